The van der Waals surface area contributed by atoms with Crippen LogP contribution in [0.5, 0.6) is 5.75 Å². The van der Waals surface area contributed by atoms with Crippen LogP contribution in [0.2, 0.25) is 0 Å². The second kappa shape index (κ2) is 6.24. The van der Waals surface area contributed by atoms with E-state index in [2.05, 4.69) is 5.32 Å². The number of anilines is 1. The first-order valence-corrected chi connectivity index (χ1v) is 6.70. The maximum atomic E-state index is 12.1. The molecule has 0 heterocycles. The van der Waals surface area contributed by atoms with Gasteiger partial charge in [0.05, 0.1) is 6.10 Å². The second-order valence-corrected chi connectivity index (χ2v) is 4.96. The van der Waals surface area contributed by atoms with E-state index in [9.17, 15) is 4.79 Å². The zero-order valence-electron chi connectivity index (χ0n) is 12.0. The predicted octanol–water partition coefficient (Wildman–Crippen LogP) is 4.03. The fourth-order valence-electron chi connectivity index (χ4n) is 1.86. The number of rotatable bonds is 4. The van der Waals surface area contributed by atoms with Gasteiger partial charge in [0.15, 0.2) is 0 Å². The Kier molecular flexibility index (Phi) is 4.41. The highest BCUT2D eigenvalue weighted by molar-refractivity contribution is 6.04. The summed E-state index contributed by atoms with van der Waals surface area (Å²) in [6, 6.07) is 14.9. The number of benzene rings is 2. The zero-order chi connectivity index (χ0) is 14.5. The molecule has 1 amide bonds. The Hall–Kier alpha value is -2.29. The Morgan fingerprint density at radius 2 is 1.70 bits per heavy atom. The summed E-state index contributed by atoms with van der Waals surface area (Å²) in [5.74, 6) is 0.655. The number of hydrogen-bond acceptors (Lipinski definition) is 2. The summed E-state index contributed by atoms with van der Waals surface area (Å²) in [4.78, 5) is 12.1. The highest BCUT2D eigenvalue weighted by Crippen LogP contribution is 2.17. The summed E-state index contributed by atoms with van der Waals surface area (Å²) in [5, 5.41) is 2.91. The minimum Gasteiger partial charge on any atom is -0.491 e. The van der Waals surface area contributed by atoms with Crippen LogP contribution in [-0.2, 0) is 0 Å². The van der Waals surface area contributed by atoms with E-state index < -0.39 is 0 Å². The van der Waals surface area contributed by atoms with E-state index in [1.165, 1.54) is 0 Å². The lowest BCUT2D eigenvalue weighted by molar-refractivity contribution is 0.102. The molecule has 0 aliphatic carbocycles. The fourth-order valence-corrected chi connectivity index (χ4v) is 1.86. The molecular weight excluding hydrogens is 250 g/mol. The van der Waals surface area contributed by atoms with Crippen molar-refractivity contribution in [1.29, 1.82) is 0 Å². The maximum absolute atomic E-state index is 12.1. The molecule has 0 aliphatic heterocycles. The van der Waals surface area contributed by atoms with Crippen LogP contribution in [0.1, 0.15) is 29.8 Å². The number of carbonyl (C=O) groups is 1. The van der Waals surface area contributed by atoms with Gasteiger partial charge >= 0.3 is 0 Å². The minimum atomic E-state index is -0.115. The van der Waals surface area contributed by atoms with Gasteiger partial charge < -0.3 is 10.1 Å². The molecule has 0 aromatic heterocycles. The van der Waals surface area contributed by atoms with Gasteiger partial charge in [-0.1, -0.05) is 18.2 Å². The third kappa shape index (κ3) is 3.60. The molecule has 2 aromatic rings. The van der Waals surface area contributed by atoms with Gasteiger partial charge in [-0.2, -0.15) is 0 Å². The Bertz CT molecular complexity index is 588. The van der Waals surface area contributed by atoms with Crippen molar-refractivity contribution in [1.82, 2.24) is 0 Å². The van der Waals surface area contributed by atoms with Gasteiger partial charge in [-0.15, -0.1) is 0 Å². The lowest BCUT2D eigenvalue weighted by Gasteiger charge is -2.11. The Morgan fingerprint density at radius 3 is 2.30 bits per heavy atom. The van der Waals surface area contributed by atoms with Crippen molar-refractivity contribution >= 4 is 11.6 Å². The fraction of sp³-hybridized carbons (Fsp3) is 0.235. The van der Waals surface area contributed by atoms with Crippen LogP contribution in [0.15, 0.2) is 48.5 Å². The molecule has 0 aliphatic rings. The van der Waals surface area contributed by atoms with Crippen LogP contribution in [0.25, 0.3) is 0 Å². The highest BCUT2D eigenvalue weighted by atomic mass is 16.5. The van der Waals surface area contributed by atoms with E-state index in [1.807, 2.05) is 57.2 Å². The molecular formula is C17H19NO2. The van der Waals surface area contributed by atoms with E-state index in [-0.39, 0.29) is 12.0 Å². The normalized spacial score (nSPS) is 10.4. The lowest BCUT2D eigenvalue weighted by Crippen LogP contribution is -2.12. The molecule has 2 aromatic carbocycles. The molecule has 0 bridgehead atoms. The Labute approximate surface area is 119 Å². The first-order valence-electron chi connectivity index (χ1n) is 6.70. The topological polar surface area (TPSA) is 38.3 Å². The summed E-state index contributed by atoms with van der Waals surface area (Å²) in [6.07, 6.45) is 0.127. The van der Waals surface area contributed by atoms with Crippen molar-refractivity contribution in [3.63, 3.8) is 0 Å². The number of amides is 1. The monoisotopic (exact) mass is 269 g/mol. The third-order valence-electron chi connectivity index (χ3n) is 2.88. The highest BCUT2D eigenvalue weighted by Gasteiger charge is 2.07. The smallest absolute Gasteiger partial charge is 0.255 e. The van der Waals surface area contributed by atoms with Gasteiger partial charge in [-0.25, -0.2) is 0 Å². The van der Waals surface area contributed by atoms with Crippen LogP contribution >= 0.6 is 0 Å². The summed E-state index contributed by atoms with van der Waals surface area (Å²) in [6.45, 7) is 5.91. The molecule has 104 valence electrons. The van der Waals surface area contributed by atoms with E-state index in [4.69, 9.17) is 4.74 Å². The molecule has 2 rings (SSSR count). The molecule has 0 radical (unpaired) electrons. The van der Waals surface area contributed by atoms with Crippen LogP contribution in [0.4, 0.5) is 5.69 Å². The first-order chi connectivity index (χ1) is 9.56. The lowest BCUT2D eigenvalue weighted by atomic mass is 10.1. The number of ether oxygens (including phenoxy) is 1. The van der Waals surface area contributed by atoms with Crippen molar-refractivity contribution in [3.05, 3.63) is 59.7 Å². The van der Waals surface area contributed by atoms with Gasteiger partial charge in [0.25, 0.3) is 5.91 Å². The molecule has 3 heteroatoms. The molecule has 0 saturated carbocycles. The molecule has 0 unspecified atom stereocenters. The van der Waals surface area contributed by atoms with Gasteiger partial charge in [-0.3, -0.25) is 4.79 Å². The number of carbonyl (C=O) groups excluding carboxylic acids is 1. The number of hydrogen-bond donors (Lipinski definition) is 1. The largest absolute Gasteiger partial charge is 0.491 e. The number of para-hydroxylation sites is 1. The average Bonchev–Trinajstić information content (AvgIpc) is 2.41. The second-order valence-electron chi connectivity index (χ2n) is 4.96. The van der Waals surface area contributed by atoms with Gasteiger partial charge in [0, 0.05) is 11.3 Å². The van der Waals surface area contributed by atoms with Crippen LogP contribution in [0.3, 0.4) is 0 Å². The van der Waals surface area contributed by atoms with Crippen molar-refractivity contribution in [3.8, 4) is 5.75 Å². The molecule has 0 atom stereocenters. The Morgan fingerprint density at radius 1 is 1.05 bits per heavy atom. The SMILES string of the molecule is Cc1ccccc1NC(=O)c1ccc(OC(C)C)cc1. The predicted molar refractivity (Wildman–Crippen MR) is 81.3 cm³/mol. The molecule has 0 spiro atoms. The summed E-state index contributed by atoms with van der Waals surface area (Å²) in [5.41, 5.74) is 2.49. The van der Waals surface area contributed by atoms with E-state index in [0.717, 1.165) is 17.0 Å². The zero-order valence-corrected chi connectivity index (χ0v) is 12.0. The van der Waals surface area contributed by atoms with Crippen molar-refractivity contribution in [2.45, 2.75) is 26.9 Å². The number of nitrogens with one attached hydrogen (secondary N) is 1. The molecule has 0 fully saturated rings. The van der Waals surface area contributed by atoms with Gasteiger partial charge in [0.2, 0.25) is 0 Å². The average molecular weight is 269 g/mol. The third-order valence-corrected chi connectivity index (χ3v) is 2.88. The molecule has 3 nitrogen and oxygen atoms in total. The van der Waals surface area contributed by atoms with Crippen LogP contribution in [0, 0.1) is 6.92 Å². The van der Waals surface area contributed by atoms with Gasteiger partial charge in [-0.05, 0) is 56.7 Å². The van der Waals surface area contributed by atoms with Crippen LogP contribution < -0.4 is 10.1 Å². The van der Waals surface area contributed by atoms with Crippen LogP contribution in [-0.4, -0.2) is 12.0 Å². The summed E-state index contributed by atoms with van der Waals surface area (Å²) >= 11 is 0. The molecule has 1 N–H and O–H groups in total. The van der Waals surface area contributed by atoms with Crippen molar-refractivity contribution in [2.75, 3.05) is 5.32 Å². The summed E-state index contributed by atoms with van der Waals surface area (Å²) in [7, 11) is 0. The minimum absolute atomic E-state index is 0.115. The van der Waals surface area contributed by atoms with E-state index in [1.54, 1.807) is 12.1 Å². The van der Waals surface area contributed by atoms with Gasteiger partial charge in [0.1, 0.15) is 5.75 Å². The quantitative estimate of drug-likeness (QED) is 0.909. The maximum Gasteiger partial charge on any atom is 0.255 e. The summed E-state index contributed by atoms with van der Waals surface area (Å²) < 4.78 is 5.55. The van der Waals surface area contributed by atoms with E-state index >= 15 is 0 Å². The Balaban J connectivity index is 2.08. The molecule has 0 saturated heterocycles. The van der Waals surface area contributed by atoms with Crippen molar-refractivity contribution < 1.29 is 9.53 Å². The number of aryl methyl sites for hydroxylation is 1. The first kappa shape index (κ1) is 14.1. The standard InChI is InChI=1S/C17H19NO2/c1-12(2)20-15-10-8-14(9-11-15)17(19)18-16-7-5-4-6-13(16)3/h4-12H,1-3H3,(H,18,19). The molecule has 20 heavy (non-hydrogen) atoms. The van der Waals surface area contributed by atoms with Crippen molar-refractivity contribution in [2.24, 2.45) is 0 Å². The van der Waals surface area contributed by atoms with E-state index in [0.29, 0.717) is 5.56 Å².